The van der Waals surface area contributed by atoms with E-state index in [2.05, 4.69) is 10.6 Å². The van der Waals surface area contributed by atoms with Crippen LogP contribution in [0.2, 0.25) is 0 Å². The maximum absolute atomic E-state index is 14.3. The Labute approximate surface area is 247 Å². The lowest BCUT2D eigenvalue weighted by Gasteiger charge is -2.34. The van der Waals surface area contributed by atoms with Gasteiger partial charge in [0.15, 0.2) is 0 Å². The summed E-state index contributed by atoms with van der Waals surface area (Å²) in [5.74, 6) is -1.08. The highest BCUT2D eigenvalue weighted by molar-refractivity contribution is 6.00. The number of nitriles is 1. The number of anilines is 1. The molecule has 0 bridgehead atoms. The lowest BCUT2D eigenvalue weighted by Crippen LogP contribution is -2.53. The zero-order chi connectivity index (χ0) is 31.0. The second kappa shape index (κ2) is 13.7. The number of alkyl carbamates (subject to hydrolysis) is 1. The number of phenols is 1. The maximum Gasteiger partial charge on any atom is 0.408 e. The van der Waals surface area contributed by atoms with Crippen LogP contribution in [0.1, 0.15) is 54.6 Å². The Kier molecular flexibility index (Phi) is 10.3. The minimum atomic E-state index is -1.18. The van der Waals surface area contributed by atoms with E-state index in [0.717, 1.165) is 16.7 Å². The molecule has 3 N–H and O–H groups in total. The largest absolute Gasteiger partial charge is 0.508 e. The SMILES string of the molecule is Cc1ccccc1NC(=O)C(c1c(C)cccc1C)N(CC#N)C(=O)C(Cc1ccc(O)cc1)NC(=O)OC(C)(C)C. The van der Waals surface area contributed by atoms with Crippen molar-refractivity contribution in [1.29, 1.82) is 5.26 Å². The third-order valence-electron chi connectivity index (χ3n) is 6.67. The van der Waals surface area contributed by atoms with Crippen molar-refractivity contribution in [2.75, 3.05) is 11.9 Å². The summed E-state index contributed by atoms with van der Waals surface area (Å²) in [7, 11) is 0. The van der Waals surface area contributed by atoms with Crippen LogP contribution in [-0.2, 0) is 20.7 Å². The number of aryl methyl sites for hydroxylation is 3. The van der Waals surface area contributed by atoms with Gasteiger partial charge in [0.25, 0.3) is 5.91 Å². The molecule has 0 fully saturated rings. The summed E-state index contributed by atoms with van der Waals surface area (Å²) in [6.45, 7) is 10.3. The fourth-order valence-electron chi connectivity index (χ4n) is 4.69. The van der Waals surface area contributed by atoms with E-state index in [1.54, 1.807) is 45.0 Å². The minimum Gasteiger partial charge on any atom is -0.508 e. The molecule has 0 aliphatic heterocycles. The number of carbonyl (C=O) groups is 3. The van der Waals surface area contributed by atoms with Crippen LogP contribution in [-0.4, -0.2) is 46.1 Å². The highest BCUT2D eigenvalue weighted by Gasteiger charge is 2.38. The van der Waals surface area contributed by atoms with E-state index < -0.39 is 42.1 Å². The third kappa shape index (κ3) is 8.33. The lowest BCUT2D eigenvalue weighted by molar-refractivity contribution is -0.140. The van der Waals surface area contributed by atoms with Crippen LogP contribution in [0, 0.1) is 32.1 Å². The number of nitrogens with one attached hydrogen (secondary N) is 2. The van der Waals surface area contributed by atoms with E-state index in [1.165, 1.54) is 17.0 Å². The van der Waals surface area contributed by atoms with Crippen molar-refractivity contribution in [3.8, 4) is 11.8 Å². The number of benzene rings is 3. The van der Waals surface area contributed by atoms with E-state index >= 15 is 0 Å². The van der Waals surface area contributed by atoms with E-state index in [9.17, 15) is 24.8 Å². The molecular formula is C33H38N4O5. The van der Waals surface area contributed by atoms with Crippen molar-refractivity contribution in [2.24, 2.45) is 0 Å². The Morgan fingerprint density at radius 1 is 0.929 bits per heavy atom. The molecule has 42 heavy (non-hydrogen) atoms. The predicted octanol–water partition coefficient (Wildman–Crippen LogP) is 5.49. The van der Waals surface area contributed by atoms with Gasteiger partial charge in [0.1, 0.15) is 30.0 Å². The number of amides is 3. The molecule has 3 amide bonds. The van der Waals surface area contributed by atoms with Gasteiger partial charge in [-0.05, 0) is 87.6 Å². The summed E-state index contributed by atoms with van der Waals surface area (Å²) in [5.41, 5.74) is 3.37. The van der Waals surface area contributed by atoms with Crippen LogP contribution in [0.15, 0.2) is 66.7 Å². The van der Waals surface area contributed by atoms with Gasteiger partial charge >= 0.3 is 6.09 Å². The quantitative estimate of drug-likeness (QED) is 0.292. The summed E-state index contributed by atoms with van der Waals surface area (Å²) in [5, 5.41) is 25.2. The molecule has 0 aromatic heterocycles. The molecule has 0 saturated heterocycles. The first kappa shape index (κ1) is 31.7. The molecular weight excluding hydrogens is 532 g/mol. The number of aromatic hydroxyl groups is 1. The van der Waals surface area contributed by atoms with Crippen LogP contribution in [0.25, 0.3) is 0 Å². The molecule has 2 unspecified atom stereocenters. The second-order valence-corrected chi connectivity index (χ2v) is 11.2. The van der Waals surface area contributed by atoms with Crippen molar-refractivity contribution in [1.82, 2.24) is 10.2 Å². The minimum absolute atomic E-state index is 0.0270. The molecule has 0 spiro atoms. The number of para-hydroxylation sites is 1. The summed E-state index contributed by atoms with van der Waals surface area (Å²) in [6, 6.07) is 18.7. The van der Waals surface area contributed by atoms with Gasteiger partial charge < -0.3 is 25.4 Å². The smallest absolute Gasteiger partial charge is 0.408 e. The van der Waals surface area contributed by atoms with E-state index in [-0.39, 0.29) is 12.2 Å². The molecule has 3 rings (SSSR count). The zero-order valence-corrected chi connectivity index (χ0v) is 24.9. The third-order valence-corrected chi connectivity index (χ3v) is 6.67. The Bertz CT molecular complexity index is 1450. The van der Waals surface area contributed by atoms with Crippen LogP contribution in [0.5, 0.6) is 5.75 Å². The second-order valence-electron chi connectivity index (χ2n) is 11.2. The Balaban J connectivity index is 2.11. The van der Waals surface area contributed by atoms with Gasteiger partial charge in [-0.1, -0.05) is 48.5 Å². The normalized spacial score (nSPS) is 12.4. The van der Waals surface area contributed by atoms with Gasteiger partial charge in [-0.2, -0.15) is 5.26 Å². The van der Waals surface area contributed by atoms with Crippen molar-refractivity contribution in [2.45, 2.75) is 65.6 Å². The van der Waals surface area contributed by atoms with Gasteiger partial charge in [-0.3, -0.25) is 9.59 Å². The van der Waals surface area contributed by atoms with Gasteiger partial charge in [0.2, 0.25) is 5.91 Å². The number of hydrogen-bond acceptors (Lipinski definition) is 6. The van der Waals surface area contributed by atoms with E-state index in [1.807, 2.05) is 57.2 Å². The summed E-state index contributed by atoms with van der Waals surface area (Å²) in [4.78, 5) is 42.5. The summed E-state index contributed by atoms with van der Waals surface area (Å²) < 4.78 is 5.43. The number of nitrogens with zero attached hydrogens (tertiary/aromatic N) is 2. The number of phenolic OH excluding ortho intramolecular Hbond substituents is 1. The van der Waals surface area contributed by atoms with Crippen LogP contribution < -0.4 is 10.6 Å². The maximum atomic E-state index is 14.3. The summed E-state index contributed by atoms with van der Waals surface area (Å²) >= 11 is 0. The molecule has 0 heterocycles. The predicted molar refractivity (Wildman–Crippen MR) is 161 cm³/mol. The van der Waals surface area contributed by atoms with Gasteiger partial charge in [0, 0.05) is 12.1 Å². The molecule has 220 valence electrons. The van der Waals surface area contributed by atoms with Crippen LogP contribution >= 0.6 is 0 Å². The fourth-order valence-corrected chi connectivity index (χ4v) is 4.69. The molecule has 0 aliphatic carbocycles. The van der Waals surface area contributed by atoms with E-state index in [4.69, 9.17) is 4.74 Å². The first-order valence-electron chi connectivity index (χ1n) is 13.7. The average Bonchev–Trinajstić information content (AvgIpc) is 2.90. The number of carbonyl (C=O) groups excluding carboxylic acids is 3. The number of ether oxygens (including phenoxy) is 1. The zero-order valence-electron chi connectivity index (χ0n) is 24.9. The van der Waals surface area contributed by atoms with Crippen LogP contribution in [0.3, 0.4) is 0 Å². The Hall–Kier alpha value is -4.84. The average molecular weight is 571 g/mol. The van der Waals surface area contributed by atoms with Crippen molar-refractivity contribution >= 4 is 23.6 Å². The summed E-state index contributed by atoms with van der Waals surface area (Å²) in [6.07, 6.45) is -0.788. The molecule has 9 nitrogen and oxygen atoms in total. The van der Waals surface area contributed by atoms with Crippen molar-refractivity contribution in [3.05, 3.63) is 94.5 Å². The molecule has 0 aliphatic rings. The standard InChI is InChI=1S/C33H38N4O5/c1-21-10-7-8-13-26(21)35-30(39)29(28-22(2)11-9-12-23(28)3)37(19-18-34)31(40)27(36-32(41)42-33(4,5)6)20-24-14-16-25(38)17-15-24/h7-17,27,29,38H,19-20H2,1-6H3,(H,35,39)(H,36,41). The van der Waals surface area contributed by atoms with Gasteiger partial charge in [-0.25, -0.2) is 4.79 Å². The van der Waals surface area contributed by atoms with E-state index in [0.29, 0.717) is 16.8 Å². The van der Waals surface area contributed by atoms with Crippen molar-refractivity contribution < 1.29 is 24.2 Å². The van der Waals surface area contributed by atoms with Gasteiger partial charge in [0.05, 0.1) is 6.07 Å². The number of hydrogen-bond donors (Lipinski definition) is 3. The molecule has 0 radical (unpaired) electrons. The Morgan fingerprint density at radius 3 is 2.10 bits per heavy atom. The lowest BCUT2D eigenvalue weighted by atomic mass is 9.93. The Morgan fingerprint density at radius 2 is 1.52 bits per heavy atom. The highest BCUT2D eigenvalue weighted by atomic mass is 16.6. The van der Waals surface area contributed by atoms with Gasteiger partial charge in [-0.15, -0.1) is 0 Å². The monoisotopic (exact) mass is 570 g/mol. The first-order chi connectivity index (χ1) is 19.8. The topological polar surface area (TPSA) is 132 Å². The molecule has 2 atom stereocenters. The highest BCUT2D eigenvalue weighted by Crippen LogP contribution is 2.30. The molecule has 0 saturated carbocycles. The molecule has 9 heteroatoms. The van der Waals surface area contributed by atoms with Crippen molar-refractivity contribution in [3.63, 3.8) is 0 Å². The number of rotatable bonds is 9. The fraction of sp³-hybridized carbons (Fsp3) is 0.333. The molecule has 3 aromatic carbocycles. The first-order valence-corrected chi connectivity index (χ1v) is 13.7. The molecule has 3 aromatic rings. The van der Waals surface area contributed by atoms with Crippen LogP contribution in [0.4, 0.5) is 10.5 Å².